The van der Waals surface area contributed by atoms with Crippen molar-refractivity contribution in [3.8, 4) is 6.07 Å². The number of nitro groups is 1. The number of hydrogen-bond acceptors (Lipinski definition) is 4. The zero-order valence-electron chi connectivity index (χ0n) is 10.2. The molecule has 0 atom stereocenters. The molecular formula is C14H10N2O2S. The summed E-state index contributed by atoms with van der Waals surface area (Å²) >= 11 is 1.60. The van der Waals surface area contributed by atoms with Crippen molar-refractivity contribution in [2.75, 3.05) is 0 Å². The monoisotopic (exact) mass is 270 g/mol. The summed E-state index contributed by atoms with van der Waals surface area (Å²) < 4.78 is 0. The molecule has 1 aromatic heterocycles. The highest BCUT2D eigenvalue weighted by molar-refractivity contribution is 7.12. The van der Waals surface area contributed by atoms with Crippen LogP contribution in [0.3, 0.4) is 0 Å². The van der Waals surface area contributed by atoms with Crippen LogP contribution in [0.25, 0.3) is 11.6 Å². The van der Waals surface area contributed by atoms with E-state index in [1.807, 2.05) is 19.1 Å². The second-order valence-electron chi connectivity index (χ2n) is 3.92. The minimum Gasteiger partial charge on any atom is -0.258 e. The molecule has 2 aromatic rings. The SMILES string of the molecule is Cc1ccc(C=C(C#N)c2ccc([N+](=O)[O-])cc2)s1. The first-order valence-corrected chi connectivity index (χ1v) is 6.35. The van der Waals surface area contributed by atoms with E-state index in [2.05, 4.69) is 6.07 Å². The Morgan fingerprint density at radius 3 is 2.47 bits per heavy atom. The van der Waals surface area contributed by atoms with Gasteiger partial charge in [-0.05, 0) is 42.8 Å². The minimum atomic E-state index is -0.456. The highest BCUT2D eigenvalue weighted by Crippen LogP contribution is 2.24. The zero-order chi connectivity index (χ0) is 13.8. The van der Waals surface area contributed by atoms with Gasteiger partial charge >= 0.3 is 0 Å². The maximum Gasteiger partial charge on any atom is 0.269 e. The summed E-state index contributed by atoms with van der Waals surface area (Å²) in [6.07, 6.45) is 1.79. The summed E-state index contributed by atoms with van der Waals surface area (Å²) in [4.78, 5) is 12.3. The third kappa shape index (κ3) is 3.06. The first kappa shape index (κ1) is 13.0. The Balaban J connectivity index is 2.35. The van der Waals surface area contributed by atoms with E-state index in [0.717, 1.165) is 4.88 Å². The molecule has 0 N–H and O–H groups in total. The fraction of sp³-hybridized carbons (Fsp3) is 0.0714. The average Bonchev–Trinajstić information content (AvgIpc) is 2.81. The Kier molecular flexibility index (Phi) is 3.74. The van der Waals surface area contributed by atoms with Gasteiger partial charge in [0.05, 0.1) is 16.6 Å². The average molecular weight is 270 g/mol. The van der Waals surface area contributed by atoms with Crippen LogP contribution in [-0.2, 0) is 0 Å². The highest BCUT2D eigenvalue weighted by atomic mass is 32.1. The Hall–Kier alpha value is -2.45. The summed E-state index contributed by atoms with van der Waals surface area (Å²) in [6.45, 7) is 2.00. The summed E-state index contributed by atoms with van der Waals surface area (Å²) in [5, 5.41) is 19.8. The fourth-order valence-electron chi connectivity index (χ4n) is 1.62. The number of rotatable bonds is 3. The summed E-state index contributed by atoms with van der Waals surface area (Å²) in [5.74, 6) is 0. The van der Waals surface area contributed by atoms with Gasteiger partial charge in [0.25, 0.3) is 5.69 Å². The number of benzene rings is 1. The topological polar surface area (TPSA) is 66.9 Å². The molecule has 94 valence electrons. The maximum atomic E-state index is 10.6. The van der Waals surface area contributed by atoms with E-state index >= 15 is 0 Å². The molecule has 0 aliphatic rings. The quantitative estimate of drug-likeness (QED) is 0.480. The van der Waals surface area contributed by atoms with Crippen LogP contribution in [0.2, 0.25) is 0 Å². The van der Waals surface area contributed by atoms with Crippen LogP contribution in [0, 0.1) is 28.4 Å². The van der Waals surface area contributed by atoms with E-state index in [4.69, 9.17) is 0 Å². The maximum absolute atomic E-state index is 10.6. The molecule has 0 fully saturated rings. The Morgan fingerprint density at radius 2 is 2.00 bits per heavy atom. The molecule has 0 unspecified atom stereocenters. The van der Waals surface area contributed by atoms with Gasteiger partial charge in [0, 0.05) is 21.9 Å². The standard InChI is InChI=1S/C14H10N2O2S/c1-10-2-7-14(19-10)8-12(9-15)11-3-5-13(6-4-11)16(17)18/h2-8H,1H3. The third-order valence-corrected chi connectivity index (χ3v) is 3.51. The van der Waals surface area contributed by atoms with Gasteiger partial charge < -0.3 is 0 Å². The van der Waals surface area contributed by atoms with E-state index < -0.39 is 4.92 Å². The minimum absolute atomic E-state index is 0.0213. The molecule has 0 saturated carbocycles. The third-order valence-electron chi connectivity index (χ3n) is 2.56. The summed E-state index contributed by atoms with van der Waals surface area (Å²) in [5.41, 5.74) is 1.20. The lowest BCUT2D eigenvalue weighted by molar-refractivity contribution is -0.384. The lowest BCUT2D eigenvalue weighted by Gasteiger charge is -1.98. The van der Waals surface area contributed by atoms with Gasteiger partial charge in [0.1, 0.15) is 0 Å². The number of aryl methyl sites for hydroxylation is 1. The van der Waals surface area contributed by atoms with Gasteiger partial charge in [-0.3, -0.25) is 10.1 Å². The highest BCUT2D eigenvalue weighted by Gasteiger charge is 2.07. The second-order valence-corrected chi connectivity index (χ2v) is 5.24. The molecule has 1 aromatic carbocycles. The molecule has 5 heteroatoms. The summed E-state index contributed by atoms with van der Waals surface area (Å²) in [7, 11) is 0. The van der Waals surface area contributed by atoms with Gasteiger partial charge in [0.15, 0.2) is 0 Å². The van der Waals surface area contributed by atoms with Crippen molar-refractivity contribution in [3.05, 3.63) is 61.8 Å². The van der Waals surface area contributed by atoms with Gasteiger partial charge in [-0.25, -0.2) is 0 Å². The fourth-order valence-corrected chi connectivity index (χ4v) is 2.44. The molecule has 2 rings (SSSR count). The van der Waals surface area contributed by atoms with Crippen LogP contribution in [0.15, 0.2) is 36.4 Å². The molecule has 0 aliphatic carbocycles. The normalized spacial score (nSPS) is 11.1. The van der Waals surface area contributed by atoms with Crippen LogP contribution in [0.1, 0.15) is 15.3 Å². The van der Waals surface area contributed by atoms with E-state index in [-0.39, 0.29) is 5.69 Å². The molecule has 0 bridgehead atoms. The number of hydrogen-bond donors (Lipinski definition) is 0. The molecule has 0 amide bonds. The number of thiophene rings is 1. The second kappa shape index (κ2) is 5.46. The van der Waals surface area contributed by atoms with Crippen molar-refractivity contribution in [2.45, 2.75) is 6.92 Å². The first-order chi connectivity index (χ1) is 9.10. The lowest BCUT2D eigenvalue weighted by atomic mass is 10.1. The van der Waals surface area contributed by atoms with Gasteiger partial charge in [0.2, 0.25) is 0 Å². The van der Waals surface area contributed by atoms with Crippen LogP contribution in [-0.4, -0.2) is 4.92 Å². The summed E-state index contributed by atoms with van der Waals surface area (Å²) in [6, 6.07) is 12.0. The van der Waals surface area contributed by atoms with Gasteiger partial charge in [-0.1, -0.05) is 0 Å². The first-order valence-electron chi connectivity index (χ1n) is 5.53. The van der Waals surface area contributed by atoms with Crippen LogP contribution < -0.4 is 0 Å². The molecular weight excluding hydrogens is 260 g/mol. The van der Waals surface area contributed by atoms with E-state index in [1.165, 1.54) is 17.0 Å². The molecule has 0 radical (unpaired) electrons. The predicted molar refractivity (Wildman–Crippen MR) is 75.6 cm³/mol. The molecule has 0 spiro atoms. The Morgan fingerprint density at radius 1 is 1.32 bits per heavy atom. The molecule has 0 saturated heterocycles. The number of non-ortho nitro benzene ring substituents is 1. The number of allylic oxidation sites excluding steroid dienone is 1. The zero-order valence-corrected chi connectivity index (χ0v) is 11.0. The Bertz CT molecular complexity index is 678. The van der Waals surface area contributed by atoms with Gasteiger partial charge in [-0.2, -0.15) is 5.26 Å². The molecule has 0 aliphatic heterocycles. The van der Waals surface area contributed by atoms with E-state index in [9.17, 15) is 15.4 Å². The largest absolute Gasteiger partial charge is 0.269 e. The number of nitro benzene ring substituents is 1. The van der Waals surface area contributed by atoms with Crippen molar-refractivity contribution in [1.29, 1.82) is 5.26 Å². The van der Waals surface area contributed by atoms with E-state index in [1.54, 1.807) is 29.5 Å². The van der Waals surface area contributed by atoms with Crippen LogP contribution in [0.4, 0.5) is 5.69 Å². The van der Waals surface area contributed by atoms with Crippen molar-refractivity contribution in [2.24, 2.45) is 0 Å². The number of nitriles is 1. The predicted octanol–water partition coefficient (Wildman–Crippen LogP) is 4.03. The van der Waals surface area contributed by atoms with Crippen molar-refractivity contribution in [3.63, 3.8) is 0 Å². The number of nitrogens with zero attached hydrogens (tertiary/aromatic N) is 2. The van der Waals surface area contributed by atoms with Crippen molar-refractivity contribution >= 4 is 28.7 Å². The Labute approximate surface area is 114 Å². The van der Waals surface area contributed by atoms with Crippen LogP contribution >= 0.6 is 11.3 Å². The van der Waals surface area contributed by atoms with E-state index in [0.29, 0.717) is 11.1 Å². The molecule has 1 heterocycles. The van der Waals surface area contributed by atoms with Crippen LogP contribution in [0.5, 0.6) is 0 Å². The molecule has 19 heavy (non-hydrogen) atoms. The smallest absolute Gasteiger partial charge is 0.258 e. The van der Waals surface area contributed by atoms with Crippen molar-refractivity contribution in [1.82, 2.24) is 0 Å². The van der Waals surface area contributed by atoms with Crippen molar-refractivity contribution < 1.29 is 4.92 Å². The lowest BCUT2D eigenvalue weighted by Crippen LogP contribution is -1.88. The van der Waals surface area contributed by atoms with Gasteiger partial charge in [-0.15, -0.1) is 11.3 Å². The molecule has 4 nitrogen and oxygen atoms in total.